The smallest absolute Gasteiger partial charge is 0.223 e. The zero-order valence-corrected chi connectivity index (χ0v) is 14.5. The summed E-state index contributed by atoms with van der Waals surface area (Å²) in [5, 5.41) is 3.13. The Labute approximate surface area is 136 Å². The lowest BCUT2D eigenvalue weighted by Crippen LogP contribution is -2.50. The van der Waals surface area contributed by atoms with Gasteiger partial charge in [0.05, 0.1) is 0 Å². The summed E-state index contributed by atoms with van der Waals surface area (Å²) in [4.78, 5) is 12.4. The van der Waals surface area contributed by atoms with Crippen LogP contribution in [0.4, 0.5) is 0 Å². The van der Waals surface area contributed by atoms with Crippen molar-refractivity contribution in [3.8, 4) is 0 Å². The van der Waals surface area contributed by atoms with E-state index in [1.165, 1.54) is 32.1 Å². The van der Waals surface area contributed by atoms with Gasteiger partial charge in [-0.25, -0.2) is 0 Å². The summed E-state index contributed by atoms with van der Waals surface area (Å²) in [5.74, 6) is 2.22. The van der Waals surface area contributed by atoms with E-state index < -0.39 is 0 Å². The quantitative estimate of drug-likeness (QED) is 0.813. The molecule has 0 aliphatic heterocycles. The number of carbonyl (C=O) groups is 1. The normalized spacial score (nSPS) is 29.2. The van der Waals surface area contributed by atoms with Crippen LogP contribution < -0.4 is 11.1 Å². The van der Waals surface area contributed by atoms with Crippen molar-refractivity contribution in [2.45, 2.75) is 77.2 Å². The average molecular weight is 317 g/mol. The first-order chi connectivity index (χ1) is 9.58. The van der Waals surface area contributed by atoms with Gasteiger partial charge in [-0.15, -0.1) is 12.4 Å². The number of nitrogens with one attached hydrogen (secondary N) is 1. The van der Waals surface area contributed by atoms with Crippen LogP contribution in [0.3, 0.4) is 0 Å². The largest absolute Gasteiger partial charge is 0.354 e. The Morgan fingerprint density at radius 2 is 1.71 bits per heavy atom. The number of carbonyl (C=O) groups excluding carboxylic acids is 1. The minimum absolute atomic E-state index is 0. The van der Waals surface area contributed by atoms with Crippen molar-refractivity contribution in [1.29, 1.82) is 0 Å². The van der Waals surface area contributed by atoms with E-state index in [1.807, 2.05) is 0 Å². The second-order valence-electron chi connectivity index (χ2n) is 7.10. The highest BCUT2D eigenvalue weighted by Gasteiger charge is 2.35. The molecule has 0 radical (unpaired) electrons. The second-order valence-corrected chi connectivity index (χ2v) is 7.10. The molecule has 3 N–H and O–H groups in total. The molecule has 0 heterocycles. The van der Waals surface area contributed by atoms with Gasteiger partial charge in [-0.2, -0.15) is 0 Å². The van der Waals surface area contributed by atoms with Gasteiger partial charge in [0.15, 0.2) is 0 Å². The summed E-state index contributed by atoms with van der Waals surface area (Å²) in [5.41, 5.74) is 6.04. The first-order valence-corrected chi connectivity index (χ1v) is 8.64. The lowest BCUT2D eigenvalue weighted by molar-refractivity contribution is -0.127. The zero-order chi connectivity index (χ0) is 14.6. The van der Waals surface area contributed by atoms with Crippen LogP contribution >= 0.6 is 12.4 Å². The second kappa shape index (κ2) is 8.38. The van der Waals surface area contributed by atoms with E-state index in [1.54, 1.807) is 0 Å². The molecular formula is C17H33ClN2O. The van der Waals surface area contributed by atoms with Crippen molar-refractivity contribution < 1.29 is 4.79 Å². The van der Waals surface area contributed by atoms with Crippen LogP contribution in [0.25, 0.3) is 0 Å². The van der Waals surface area contributed by atoms with Gasteiger partial charge in [-0.05, 0) is 43.9 Å². The van der Waals surface area contributed by atoms with Gasteiger partial charge in [0, 0.05) is 18.0 Å². The Balaban J connectivity index is 0.00000220. The molecule has 0 bridgehead atoms. The van der Waals surface area contributed by atoms with Crippen molar-refractivity contribution in [2.75, 3.05) is 6.54 Å². The third-order valence-electron chi connectivity index (χ3n) is 5.93. The van der Waals surface area contributed by atoms with Gasteiger partial charge in [0.2, 0.25) is 5.91 Å². The van der Waals surface area contributed by atoms with Crippen LogP contribution in [0.2, 0.25) is 0 Å². The molecule has 2 aliphatic carbocycles. The number of fused-ring (bicyclic) bond motifs is 1. The molecule has 3 nitrogen and oxygen atoms in total. The Bertz CT molecular complexity index is 331. The van der Waals surface area contributed by atoms with E-state index in [-0.39, 0.29) is 29.8 Å². The first-order valence-electron chi connectivity index (χ1n) is 8.64. The van der Waals surface area contributed by atoms with Gasteiger partial charge in [0.1, 0.15) is 0 Å². The molecule has 1 amide bonds. The van der Waals surface area contributed by atoms with E-state index in [2.05, 4.69) is 19.2 Å². The molecule has 2 saturated carbocycles. The Hall–Kier alpha value is -0.280. The number of amides is 1. The van der Waals surface area contributed by atoms with Crippen LogP contribution in [0.5, 0.6) is 0 Å². The lowest BCUT2D eigenvalue weighted by atomic mass is 9.67. The van der Waals surface area contributed by atoms with Crippen LogP contribution in [-0.2, 0) is 4.79 Å². The maximum Gasteiger partial charge on any atom is 0.223 e. The topological polar surface area (TPSA) is 55.1 Å². The van der Waals surface area contributed by atoms with Crippen molar-refractivity contribution in [3.05, 3.63) is 0 Å². The van der Waals surface area contributed by atoms with Gasteiger partial charge in [-0.3, -0.25) is 4.79 Å². The zero-order valence-electron chi connectivity index (χ0n) is 13.7. The highest BCUT2D eigenvalue weighted by molar-refractivity contribution is 5.85. The van der Waals surface area contributed by atoms with Crippen LogP contribution in [-0.4, -0.2) is 18.0 Å². The highest BCUT2D eigenvalue weighted by atomic mass is 35.5. The number of hydrogen-bond donors (Lipinski definition) is 2. The number of hydrogen-bond acceptors (Lipinski definition) is 2. The fourth-order valence-corrected chi connectivity index (χ4v) is 4.02. The monoisotopic (exact) mass is 316 g/mol. The van der Waals surface area contributed by atoms with Crippen molar-refractivity contribution in [3.63, 3.8) is 0 Å². The molecule has 0 saturated heterocycles. The van der Waals surface area contributed by atoms with Crippen LogP contribution in [0, 0.1) is 17.8 Å². The first kappa shape index (κ1) is 18.8. The van der Waals surface area contributed by atoms with E-state index in [0.717, 1.165) is 37.5 Å². The molecule has 2 rings (SSSR count). The maximum absolute atomic E-state index is 12.4. The maximum atomic E-state index is 12.4. The summed E-state index contributed by atoms with van der Waals surface area (Å²) >= 11 is 0. The molecule has 3 atom stereocenters. The Morgan fingerprint density at radius 3 is 2.33 bits per heavy atom. The van der Waals surface area contributed by atoms with Crippen molar-refractivity contribution in [1.82, 2.24) is 5.32 Å². The van der Waals surface area contributed by atoms with E-state index in [0.29, 0.717) is 6.54 Å². The average Bonchev–Trinajstić information content (AvgIpc) is 2.51. The minimum atomic E-state index is -0.225. The molecule has 3 unspecified atom stereocenters. The van der Waals surface area contributed by atoms with Crippen LogP contribution in [0.15, 0.2) is 0 Å². The third-order valence-corrected chi connectivity index (χ3v) is 5.93. The van der Waals surface area contributed by atoms with Gasteiger partial charge in [0.25, 0.3) is 0 Å². The number of nitrogens with two attached hydrogens (primary N) is 1. The summed E-state index contributed by atoms with van der Waals surface area (Å²) in [6.07, 6.45) is 10.8. The van der Waals surface area contributed by atoms with E-state index in [9.17, 15) is 4.79 Å². The molecule has 0 spiro atoms. The SMILES string of the molecule is CCC(N)(CC)CNC(=O)C1CCC2CCCCC2C1.Cl. The summed E-state index contributed by atoms with van der Waals surface area (Å²) < 4.78 is 0. The minimum Gasteiger partial charge on any atom is -0.354 e. The fourth-order valence-electron chi connectivity index (χ4n) is 4.02. The predicted octanol–water partition coefficient (Wildman–Crippen LogP) is 3.65. The molecular weight excluding hydrogens is 284 g/mol. The third kappa shape index (κ3) is 4.85. The molecule has 21 heavy (non-hydrogen) atoms. The standard InChI is InChI=1S/C17H32N2O.ClH/c1-3-17(18,4-2)12-19-16(20)15-10-9-13-7-5-6-8-14(13)11-15;/h13-15H,3-12,18H2,1-2H3,(H,19,20);1H. The van der Waals surface area contributed by atoms with E-state index in [4.69, 9.17) is 5.73 Å². The fraction of sp³-hybridized carbons (Fsp3) is 0.941. The number of halogens is 1. The Kier molecular flexibility index (Phi) is 7.49. The van der Waals surface area contributed by atoms with Crippen LogP contribution in [0.1, 0.15) is 71.6 Å². The van der Waals surface area contributed by atoms with Crippen molar-refractivity contribution in [2.24, 2.45) is 23.5 Å². The highest BCUT2D eigenvalue weighted by Crippen LogP contribution is 2.42. The molecule has 0 aromatic carbocycles. The molecule has 124 valence electrons. The predicted molar refractivity (Wildman–Crippen MR) is 90.5 cm³/mol. The summed E-state index contributed by atoms with van der Waals surface area (Å²) in [6.45, 7) is 4.83. The molecule has 0 aromatic heterocycles. The summed E-state index contributed by atoms with van der Waals surface area (Å²) in [7, 11) is 0. The molecule has 4 heteroatoms. The van der Waals surface area contributed by atoms with Gasteiger partial charge < -0.3 is 11.1 Å². The number of rotatable bonds is 5. The lowest BCUT2D eigenvalue weighted by Gasteiger charge is -2.39. The molecule has 2 fully saturated rings. The Morgan fingerprint density at radius 1 is 1.10 bits per heavy atom. The van der Waals surface area contributed by atoms with Crippen molar-refractivity contribution >= 4 is 18.3 Å². The summed E-state index contributed by atoms with van der Waals surface area (Å²) in [6, 6.07) is 0. The van der Waals surface area contributed by atoms with Gasteiger partial charge >= 0.3 is 0 Å². The molecule has 2 aliphatic rings. The van der Waals surface area contributed by atoms with Gasteiger partial charge in [-0.1, -0.05) is 39.5 Å². The molecule has 0 aromatic rings. The van der Waals surface area contributed by atoms with E-state index >= 15 is 0 Å².